The number of halogens is 1. The van der Waals surface area contributed by atoms with E-state index in [0.717, 1.165) is 15.5 Å². The largest absolute Gasteiger partial charge is 0.495 e. The summed E-state index contributed by atoms with van der Waals surface area (Å²) >= 11 is 9.34. The average Bonchev–Trinajstić information content (AvgIpc) is 2.94. The minimum atomic E-state index is -0.356. The van der Waals surface area contributed by atoms with Crippen molar-refractivity contribution in [1.29, 1.82) is 0 Å². The molecule has 3 aromatic rings. The fourth-order valence-corrected chi connectivity index (χ4v) is 6.98. The molecule has 0 saturated heterocycles. The number of carbonyl (C=O) groups is 2. The molecule has 0 saturated carbocycles. The van der Waals surface area contributed by atoms with Gasteiger partial charge in [-0.2, -0.15) is 0 Å². The summed E-state index contributed by atoms with van der Waals surface area (Å²) in [6.45, 7) is 1.96. The molecular formula is C30H28ClN3O3S2. The number of rotatable bonds is 7. The summed E-state index contributed by atoms with van der Waals surface area (Å²) < 4.78 is 5.36. The predicted octanol–water partition coefficient (Wildman–Crippen LogP) is 7.87. The molecule has 0 aromatic heterocycles. The molecule has 1 aliphatic heterocycles. The highest BCUT2D eigenvalue weighted by Gasteiger charge is 2.36. The van der Waals surface area contributed by atoms with Crippen LogP contribution in [0.15, 0.2) is 101 Å². The Morgan fingerprint density at radius 3 is 2.69 bits per heavy atom. The third-order valence-electron chi connectivity index (χ3n) is 6.41. The molecule has 0 fully saturated rings. The van der Waals surface area contributed by atoms with E-state index < -0.39 is 0 Å². The molecule has 6 nitrogen and oxygen atoms in total. The summed E-state index contributed by atoms with van der Waals surface area (Å²) in [4.78, 5) is 30.5. The lowest BCUT2D eigenvalue weighted by Gasteiger charge is -2.40. The maximum Gasteiger partial charge on any atom is 0.326 e. The Kier molecular flexibility index (Phi) is 8.55. The summed E-state index contributed by atoms with van der Waals surface area (Å²) in [6.07, 6.45) is 8.83. The van der Waals surface area contributed by atoms with E-state index in [9.17, 15) is 9.59 Å². The number of hydrogen-bond acceptors (Lipinski definition) is 5. The van der Waals surface area contributed by atoms with Crippen molar-refractivity contribution < 1.29 is 14.3 Å². The van der Waals surface area contributed by atoms with Gasteiger partial charge in [0, 0.05) is 20.5 Å². The van der Waals surface area contributed by atoms with Gasteiger partial charge in [-0.25, -0.2) is 4.79 Å². The number of ether oxygens (including phenoxy) is 1. The Morgan fingerprint density at radius 2 is 1.87 bits per heavy atom. The highest BCUT2D eigenvalue weighted by molar-refractivity contribution is 8.00. The van der Waals surface area contributed by atoms with Crippen molar-refractivity contribution >= 4 is 64.1 Å². The second-order valence-electron chi connectivity index (χ2n) is 8.99. The van der Waals surface area contributed by atoms with E-state index in [1.54, 1.807) is 37.1 Å². The normalized spacial score (nSPS) is 18.1. The number of urea groups is 1. The van der Waals surface area contributed by atoms with Crippen LogP contribution in [-0.4, -0.2) is 35.6 Å². The van der Waals surface area contributed by atoms with E-state index >= 15 is 0 Å². The molecular weight excluding hydrogens is 550 g/mol. The van der Waals surface area contributed by atoms with Crippen LogP contribution in [0.2, 0.25) is 5.02 Å². The maximum atomic E-state index is 13.6. The van der Waals surface area contributed by atoms with Crippen LogP contribution in [-0.2, 0) is 4.79 Å². The van der Waals surface area contributed by atoms with Crippen LogP contribution < -0.4 is 20.3 Å². The Hall–Kier alpha value is -3.33. The van der Waals surface area contributed by atoms with Gasteiger partial charge in [-0.1, -0.05) is 61.0 Å². The third kappa shape index (κ3) is 6.13. The maximum absolute atomic E-state index is 13.6. The molecule has 9 heteroatoms. The van der Waals surface area contributed by atoms with E-state index in [1.165, 1.54) is 11.8 Å². The number of benzene rings is 3. The number of anilines is 3. The van der Waals surface area contributed by atoms with Crippen LogP contribution in [0.4, 0.5) is 21.9 Å². The summed E-state index contributed by atoms with van der Waals surface area (Å²) in [7, 11) is 1.55. The molecule has 3 unspecified atom stereocenters. The number of para-hydroxylation sites is 1. The molecule has 0 radical (unpaired) electrons. The van der Waals surface area contributed by atoms with Crippen molar-refractivity contribution in [2.24, 2.45) is 0 Å². The zero-order valence-electron chi connectivity index (χ0n) is 21.5. The molecule has 1 aliphatic carbocycles. The minimum Gasteiger partial charge on any atom is -0.495 e. The lowest BCUT2D eigenvalue weighted by atomic mass is 10.1. The van der Waals surface area contributed by atoms with Gasteiger partial charge in [0.05, 0.1) is 35.0 Å². The van der Waals surface area contributed by atoms with Crippen LogP contribution in [0.25, 0.3) is 0 Å². The molecule has 2 aliphatic rings. The van der Waals surface area contributed by atoms with E-state index in [0.29, 0.717) is 28.6 Å². The fourth-order valence-electron chi connectivity index (χ4n) is 4.53. The Bertz CT molecular complexity index is 1440. The zero-order valence-corrected chi connectivity index (χ0v) is 23.9. The quantitative estimate of drug-likeness (QED) is 0.280. The van der Waals surface area contributed by atoms with Crippen molar-refractivity contribution in [3.05, 3.63) is 96.1 Å². The van der Waals surface area contributed by atoms with Crippen molar-refractivity contribution in [2.75, 3.05) is 22.6 Å². The van der Waals surface area contributed by atoms with Gasteiger partial charge in [-0.3, -0.25) is 9.69 Å². The molecule has 0 spiro atoms. The monoisotopic (exact) mass is 577 g/mol. The molecule has 1 heterocycles. The summed E-state index contributed by atoms with van der Waals surface area (Å²) in [5.41, 5.74) is 2.09. The molecule has 5 rings (SSSR count). The molecule has 2 N–H and O–H groups in total. The Balaban J connectivity index is 1.31. The van der Waals surface area contributed by atoms with Gasteiger partial charge in [-0.05, 0) is 55.0 Å². The number of methoxy groups -OCH3 is 1. The van der Waals surface area contributed by atoms with E-state index in [4.69, 9.17) is 16.3 Å². The average molecular weight is 578 g/mol. The first kappa shape index (κ1) is 27.2. The number of thioether (sulfide) groups is 2. The van der Waals surface area contributed by atoms with E-state index in [2.05, 4.69) is 28.9 Å². The van der Waals surface area contributed by atoms with E-state index in [-0.39, 0.29) is 28.5 Å². The zero-order chi connectivity index (χ0) is 27.4. The Labute approximate surface area is 241 Å². The van der Waals surface area contributed by atoms with Gasteiger partial charge >= 0.3 is 6.03 Å². The van der Waals surface area contributed by atoms with Gasteiger partial charge < -0.3 is 15.4 Å². The van der Waals surface area contributed by atoms with Crippen LogP contribution >= 0.6 is 35.1 Å². The number of nitrogens with zero attached hydrogens (tertiary/aromatic N) is 1. The number of nitrogens with one attached hydrogen (secondary N) is 2. The number of fused-ring (bicyclic) bond motifs is 2. The van der Waals surface area contributed by atoms with Gasteiger partial charge in [0.2, 0.25) is 5.91 Å². The number of allylic oxidation sites excluding steroid dienone is 2. The van der Waals surface area contributed by atoms with Crippen molar-refractivity contribution in [1.82, 2.24) is 0 Å². The fraction of sp³-hybridized carbons (Fsp3) is 0.200. The first-order valence-corrected chi connectivity index (χ1v) is 14.7. The summed E-state index contributed by atoms with van der Waals surface area (Å²) in [5, 5.41) is 6.33. The van der Waals surface area contributed by atoms with Crippen LogP contribution in [0.1, 0.15) is 13.3 Å². The van der Waals surface area contributed by atoms with E-state index in [1.807, 2.05) is 66.4 Å². The molecule has 3 aromatic carbocycles. The second kappa shape index (κ2) is 12.2. The predicted molar refractivity (Wildman–Crippen MR) is 163 cm³/mol. The van der Waals surface area contributed by atoms with Gasteiger partial charge in [0.1, 0.15) is 5.75 Å². The lowest BCUT2D eigenvalue weighted by molar-refractivity contribution is -0.115. The smallest absolute Gasteiger partial charge is 0.326 e. The topological polar surface area (TPSA) is 70.7 Å². The van der Waals surface area contributed by atoms with Crippen molar-refractivity contribution in [3.8, 4) is 5.75 Å². The van der Waals surface area contributed by atoms with Crippen molar-refractivity contribution in [3.63, 3.8) is 0 Å². The molecule has 39 heavy (non-hydrogen) atoms. The lowest BCUT2D eigenvalue weighted by Crippen LogP contribution is -2.49. The molecule has 0 bridgehead atoms. The van der Waals surface area contributed by atoms with Crippen LogP contribution in [0, 0.1) is 0 Å². The highest BCUT2D eigenvalue weighted by Crippen LogP contribution is 2.43. The molecule has 3 atom stereocenters. The molecule has 200 valence electrons. The van der Waals surface area contributed by atoms with Crippen LogP contribution in [0.5, 0.6) is 5.75 Å². The highest BCUT2D eigenvalue weighted by atomic mass is 35.5. The van der Waals surface area contributed by atoms with Gasteiger partial charge in [0.15, 0.2) is 0 Å². The second-order valence-corrected chi connectivity index (χ2v) is 11.9. The first-order valence-electron chi connectivity index (χ1n) is 12.6. The number of amides is 3. The van der Waals surface area contributed by atoms with Gasteiger partial charge in [0.25, 0.3) is 0 Å². The first-order chi connectivity index (χ1) is 19.0. The number of hydrogen-bond donors (Lipinski definition) is 2. The summed E-state index contributed by atoms with van der Waals surface area (Å²) in [6, 6.07) is 20.4. The summed E-state index contributed by atoms with van der Waals surface area (Å²) in [5.74, 6) is 0.392. The van der Waals surface area contributed by atoms with Crippen molar-refractivity contribution in [2.45, 2.75) is 39.7 Å². The Morgan fingerprint density at radius 1 is 1.05 bits per heavy atom. The molecule has 3 amide bonds. The van der Waals surface area contributed by atoms with Gasteiger partial charge in [-0.15, -0.1) is 23.5 Å². The number of carbonyl (C=O) groups excluding carboxylic acids is 2. The SMILES string of the molecule is CCC(Sc1cccc(NC(=O)N2c3ccccc3SC3C=CC=CC32)c1)C(=O)Nc1cc(Cl)ccc1OC. The standard InChI is InChI=1S/C30H28ClN3O3S2/c1-3-26(29(35)33-22-17-19(31)15-16-25(22)37-2)38-21-10-8-9-20(18-21)32-30(36)34-23-11-4-6-13-27(23)39-28-14-7-5-12-24(28)34/h4-18,23,26-27H,3H2,1-2H3,(H,32,36)(H,33,35). The van der Waals surface area contributed by atoms with Crippen LogP contribution in [0.3, 0.4) is 0 Å². The minimum absolute atomic E-state index is 0.0795. The third-order valence-corrected chi connectivity index (χ3v) is 9.31.